The molecule has 4 rings (SSSR count). The lowest BCUT2D eigenvalue weighted by Gasteiger charge is -2.30. The number of benzene rings is 1. The molecule has 3 heterocycles. The van der Waals surface area contributed by atoms with E-state index >= 15 is 4.39 Å². The number of aliphatic hydroxyl groups is 1. The third-order valence-corrected chi connectivity index (χ3v) is 6.94. The largest absolute Gasteiger partial charge is 0.384 e. The summed E-state index contributed by atoms with van der Waals surface area (Å²) in [6.45, 7) is 9.82. The molecule has 0 fully saturated rings. The zero-order chi connectivity index (χ0) is 28.0. The molecule has 2 aromatic heterocycles. The van der Waals surface area contributed by atoms with Crippen molar-refractivity contribution in [3.63, 3.8) is 0 Å². The van der Waals surface area contributed by atoms with Gasteiger partial charge in [0.25, 0.3) is 0 Å². The summed E-state index contributed by atoms with van der Waals surface area (Å²) in [4.78, 5) is 27.1. The molecule has 1 amide bonds. The number of pyridine rings is 1. The van der Waals surface area contributed by atoms with E-state index in [1.165, 1.54) is 12.1 Å². The molecular formula is C28H32F3N5O2. The molecule has 0 unspecified atom stereocenters. The van der Waals surface area contributed by atoms with Crippen molar-refractivity contribution in [2.45, 2.75) is 65.5 Å². The first-order valence-electron chi connectivity index (χ1n) is 12.5. The Balaban J connectivity index is 1.73. The summed E-state index contributed by atoms with van der Waals surface area (Å²) < 4.78 is 45.0. The van der Waals surface area contributed by atoms with E-state index in [4.69, 9.17) is 0 Å². The Morgan fingerprint density at radius 3 is 2.50 bits per heavy atom. The molecule has 1 aromatic carbocycles. The average Bonchev–Trinajstić information content (AvgIpc) is 2.82. The topological polar surface area (TPSA) is 91.2 Å². The van der Waals surface area contributed by atoms with Crippen LogP contribution in [0, 0.1) is 19.7 Å². The van der Waals surface area contributed by atoms with Gasteiger partial charge in [0.15, 0.2) is 5.65 Å². The predicted octanol–water partition coefficient (Wildman–Crippen LogP) is 5.45. The van der Waals surface area contributed by atoms with Crippen LogP contribution in [0.15, 0.2) is 30.3 Å². The van der Waals surface area contributed by atoms with E-state index in [0.29, 0.717) is 42.2 Å². The van der Waals surface area contributed by atoms with Crippen molar-refractivity contribution in [3.05, 3.63) is 64.4 Å². The zero-order valence-electron chi connectivity index (χ0n) is 22.4. The number of carbonyl (C=O) groups is 1. The Morgan fingerprint density at radius 1 is 1.18 bits per heavy atom. The van der Waals surface area contributed by atoms with Crippen molar-refractivity contribution < 1.29 is 23.1 Å². The molecule has 38 heavy (non-hydrogen) atoms. The van der Waals surface area contributed by atoms with Gasteiger partial charge in [-0.3, -0.25) is 4.79 Å². The van der Waals surface area contributed by atoms with Crippen molar-refractivity contribution in [2.75, 3.05) is 18.4 Å². The van der Waals surface area contributed by atoms with E-state index in [2.05, 4.69) is 20.3 Å². The molecular weight excluding hydrogens is 495 g/mol. The van der Waals surface area contributed by atoms with Crippen LogP contribution in [0.5, 0.6) is 0 Å². The van der Waals surface area contributed by atoms with Gasteiger partial charge in [-0.2, -0.15) is 8.78 Å². The fraction of sp³-hybridized carbons (Fsp3) is 0.429. The second-order valence-electron chi connectivity index (χ2n) is 10.3. The first-order chi connectivity index (χ1) is 17.7. The van der Waals surface area contributed by atoms with Crippen molar-refractivity contribution in [1.29, 1.82) is 0 Å². The minimum absolute atomic E-state index is 0.00967. The molecule has 7 nitrogen and oxygen atoms in total. The Hall–Kier alpha value is -3.53. The Morgan fingerprint density at radius 2 is 1.89 bits per heavy atom. The first kappa shape index (κ1) is 27.5. The number of hydrogen-bond acceptors (Lipinski definition) is 6. The summed E-state index contributed by atoms with van der Waals surface area (Å²) >= 11 is 0. The second-order valence-corrected chi connectivity index (χ2v) is 10.3. The lowest BCUT2D eigenvalue weighted by Crippen LogP contribution is -2.41. The van der Waals surface area contributed by atoms with Crippen molar-refractivity contribution in [2.24, 2.45) is 0 Å². The maximum Gasteiger partial charge on any atom is 0.303 e. The number of fused-ring (bicyclic) bond motifs is 1. The fourth-order valence-corrected chi connectivity index (χ4v) is 4.63. The van der Waals surface area contributed by atoms with Crippen LogP contribution in [0.2, 0.25) is 0 Å². The molecule has 0 bridgehead atoms. The third-order valence-electron chi connectivity index (χ3n) is 6.94. The standard InChI is InChI=1S/C28H32F3N5O2/c1-15(20-8-7-9-23(24(20)29)28(30,31)27(5,6)38)32-25-22-14-21(16(2)33-26(22)35-17(3)34-25)19-10-12-36(13-11-19)18(4)37/h7-10,14-15,38H,11-13H2,1-6H3,(H,32,33,34,35)/t15-/m1/s1. The van der Waals surface area contributed by atoms with E-state index in [1.807, 2.05) is 19.1 Å². The van der Waals surface area contributed by atoms with Gasteiger partial charge in [-0.15, -0.1) is 0 Å². The minimum Gasteiger partial charge on any atom is -0.384 e. The molecule has 0 spiro atoms. The number of hydrogen-bond donors (Lipinski definition) is 2. The van der Waals surface area contributed by atoms with E-state index < -0.39 is 28.9 Å². The second kappa shape index (κ2) is 9.98. The fourth-order valence-electron chi connectivity index (χ4n) is 4.63. The molecule has 0 radical (unpaired) electrons. The monoisotopic (exact) mass is 527 g/mol. The number of halogens is 3. The van der Waals surface area contributed by atoms with E-state index in [0.717, 1.165) is 36.7 Å². The summed E-state index contributed by atoms with van der Waals surface area (Å²) in [6, 6.07) is 4.94. The van der Waals surface area contributed by atoms with E-state index in [-0.39, 0.29) is 11.5 Å². The van der Waals surface area contributed by atoms with Crippen LogP contribution in [0.1, 0.15) is 68.4 Å². The molecule has 0 saturated heterocycles. The van der Waals surface area contributed by atoms with Crippen LogP contribution in [-0.4, -0.2) is 49.6 Å². The highest BCUT2D eigenvalue weighted by Gasteiger charge is 2.49. The number of aryl methyl sites for hydroxylation is 2. The number of rotatable bonds is 6. The van der Waals surface area contributed by atoms with Crippen LogP contribution >= 0.6 is 0 Å². The first-order valence-corrected chi connectivity index (χ1v) is 12.5. The van der Waals surface area contributed by atoms with Crippen molar-refractivity contribution in [3.8, 4) is 0 Å². The van der Waals surface area contributed by atoms with Gasteiger partial charge >= 0.3 is 5.92 Å². The van der Waals surface area contributed by atoms with Crippen LogP contribution in [0.3, 0.4) is 0 Å². The SMILES string of the molecule is CC(=O)N1CC=C(c2cc3c(N[C@H](C)c4cccc(C(F)(F)C(C)(C)O)c4F)nc(C)nc3nc2C)CC1. The molecule has 1 aliphatic rings. The number of nitrogens with one attached hydrogen (secondary N) is 1. The lowest BCUT2D eigenvalue weighted by atomic mass is 9.91. The highest BCUT2D eigenvalue weighted by molar-refractivity contribution is 5.90. The number of alkyl halides is 2. The maximum atomic E-state index is 15.4. The lowest BCUT2D eigenvalue weighted by molar-refractivity contribution is -0.170. The number of aromatic nitrogens is 3. The highest BCUT2D eigenvalue weighted by Crippen LogP contribution is 2.41. The summed E-state index contributed by atoms with van der Waals surface area (Å²) in [5.74, 6) is -4.02. The predicted molar refractivity (Wildman–Crippen MR) is 140 cm³/mol. The molecule has 1 aliphatic heterocycles. The van der Waals surface area contributed by atoms with Gasteiger partial charge in [-0.1, -0.05) is 18.2 Å². The van der Waals surface area contributed by atoms with Crippen LogP contribution in [0.4, 0.5) is 19.0 Å². The molecule has 0 saturated carbocycles. The molecule has 1 atom stereocenters. The minimum atomic E-state index is -3.80. The Bertz CT molecular complexity index is 1430. The zero-order valence-corrected chi connectivity index (χ0v) is 22.4. The van der Waals surface area contributed by atoms with Gasteiger partial charge in [0.2, 0.25) is 5.91 Å². The van der Waals surface area contributed by atoms with E-state index in [1.54, 1.807) is 25.7 Å². The van der Waals surface area contributed by atoms with Crippen LogP contribution < -0.4 is 5.32 Å². The average molecular weight is 528 g/mol. The molecule has 202 valence electrons. The van der Waals surface area contributed by atoms with Crippen LogP contribution in [0.25, 0.3) is 16.6 Å². The summed E-state index contributed by atoms with van der Waals surface area (Å²) in [7, 11) is 0. The number of amides is 1. The van der Waals surface area contributed by atoms with Gasteiger partial charge in [-0.05, 0) is 64.3 Å². The van der Waals surface area contributed by atoms with Gasteiger partial charge in [0.05, 0.1) is 17.0 Å². The molecule has 2 N–H and O–H groups in total. The van der Waals surface area contributed by atoms with Crippen LogP contribution in [-0.2, 0) is 10.7 Å². The highest BCUT2D eigenvalue weighted by atomic mass is 19.3. The molecule has 0 aliphatic carbocycles. The molecule has 3 aromatic rings. The van der Waals surface area contributed by atoms with Gasteiger partial charge < -0.3 is 15.3 Å². The van der Waals surface area contributed by atoms with Gasteiger partial charge in [-0.25, -0.2) is 19.3 Å². The quantitative estimate of drug-likeness (QED) is 0.443. The number of nitrogens with zero attached hydrogens (tertiary/aromatic N) is 4. The summed E-state index contributed by atoms with van der Waals surface area (Å²) in [5.41, 5.74) is -0.108. The number of carbonyl (C=O) groups excluding carboxylic acids is 1. The van der Waals surface area contributed by atoms with Crippen molar-refractivity contribution in [1.82, 2.24) is 19.9 Å². The third kappa shape index (κ3) is 5.09. The molecule has 10 heteroatoms. The smallest absolute Gasteiger partial charge is 0.303 e. The summed E-state index contributed by atoms with van der Waals surface area (Å²) in [6.07, 6.45) is 2.68. The summed E-state index contributed by atoms with van der Waals surface area (Å²) in [5, 5.41) is 13.7. The number of anilines is 1. The maximum absolute atomic E-state index is 15.4. The van der Waals surface area contributed by atoms with Gasteiger partial charge in [0.1, 0.15) is 23.1 Å². The van der Waals surface area contributed by atoms with E-state index in [9.17, 15) is 18.7 Å². The van der Waals surface area contributed by atoms with Crippen molar-refractivity contribution >= 4 is 28.3 Å². The Labute approximate surface area is 219 Å². The Kier molecular flexibility index (Phi) is 7.22. The normalized spacial score (nSPS) is 15.4. The van der Waals surface area contributed by atoms with Gasteiger partial charge in [0, 0.05) is 31.3 Å².